The van der Waals surface area contributed by atoms with Crippen molar-refractivity contribution in [1.82, 2.24) is 4.98 Å². The molecule has 0 amide bonds. The van der Waals surface area contributed by atoms with Gasteiger partial charge in [0.1, 0.15) is 5.15 Å². The Kier molecular flexibility index (Phi) is 4.92. The van der Waals surface area contributed by atoms with E-state index in [4.69, 9.17) is 16.7 Å². The molecule has 0 bridgehead atoms. The summed E-state index contributed by atoms with van der Waals surface area (Å²) < 4.78 is 77.2. The summed E-state index contributed by atoms with van der Waals surface area (Å²) in [7, 11) is 0. The minimum atomic E-state index is -4.80. The van der Waals surface area contributed by atoms with Crippen molar-refractivity contribution < 1.29 is 41.0 Å². The first-order valence-electron chi connectivity index (χ1n) is 5.08. The van der Waals surface area contributed by atoms with Crippen LogP contribution in [0.4, 0.5) is 26.3 Å². The van der Waals surface area contributed by atoms with E-state index in [2.05, 4.69) is 9.72 Å². The Balaban J connectivity index is 3.20. The summed E-state index contributed by atoms with van der Waals surface area (Å²) in [5, 5.41) is 7.94. The average molecular weight is 338 g/mol. The lowest BCUT2D eigenvalue weighted by Crippen LogP contribution is -2.22. The van der Waals surface area contributed by atoms with Crippen LogP contribution in [0, 0.1) is 0 Å². The highest BCUT2D eigenvalue weighted by Gasteiger charge is 2.33. The van der Waals surface area contributed by atoms with Gasteiger partial charge in [0.15, 0.2) is 6.61 Å². The molecule has 21 heavy (non-hydrogen) atoms. The number of alkyl halides is 6. The summed E-state index contributed by atoms with van der Waals surface area (Å²) in [4.78, 5) is 13.9. The van der Waals surface area contributed by atoms with Crippen molar-refractivity contribution in [2.45, 2.75) is 18.8 Å². The van der Waals surface area contributed by atoms with Crippen molar-refractivity contribution >= 4 is 17.6 Å². The lowest BCUT2D eigenvalue weighted by Gasteiger charge is -2.14. The fourth-order valence-corrected chi connectivity index (χ4v) is 1.50. The van der Waals surface area contributed by atoms with Crippen molar-refractivity contribution in [3.8, 4) is 5.88 Å². The normalized spacial score (nSPS) is 12.3. The summed E-state index contributed by atoms with van der Waals surface area (Å²) in [5.74, 6) is -2.68. The molecule has 4 nitrogen and oxygen atoms in total. The van der Waals surface area contributed by atoms with E-state index in [1.165, 1.54) is 0 Å². The van der Waals surface area contributed by atoms with Crippen molar-refractivity contribution in [3.63, 3.8) is 0 Å². The summed E-state index contributed by atoms with van der Waals surface area (Å²) in [6, 6.07) is 0.483. The van der Waals surface area contributed by atoms with Gasteiger partial charge in [-0.3, -0.25) is 0 Å². The Morgan fingerprint density at radius 3 is 2.24 bits per heavy atom. The van der Waals surface area contributed by atoms with Crippen molar-refractivity contribution in [1.29, 1.82) is 0 Å². The molecule has 0 spiro atoms. The van der Waals surface area contributed by atoms with Crippen LogP contribution in [0.5, 0.6) is 5.88 Å². The molecule has 1 aromatic rings. The van der Waals surface area contributed by atoms with Crippen LogP contribution in [0.2, 0.25) is 5.15 Å². The van der Waals surface area contributed by atoms with Gasteiger partial charge >= 0.3 is 18.3 Å². The van der Waals surface area contributed by atoms with E-state index in [1.54, 1.807) is 0 Å². The molecule has 0 fully saturated rings. The largest absolute Gasteiger partial charge is 0.478 e. The van der Waals surface area contributed by atoms with Crippen LogP contribution in [0.1, 0.15) is 15.9 Å². The molecule has 0 radical (unpaired) electrons. The maximum atomic E-state index is 12.3. The van der Waals surface area contributed by atoms with Gasteiger partial charge in [0.2, 0.25) is 5.88 Å². The number of ether oxygens (including phenoxy) is 1. The van der Waals surface area contributed by atoms with Gasteiger partial charge in [-0.05, 0) is 6.07 Å². The number of aromatic nitrogens is 1. The summed E-state index contributed by atoms with van der Waals surface area (Å²) in [5.41, 5.74) is -1.62. The van der Waals surface area contributed by atoms with Crippen LogP contribution in [-0.4, -0.2) is 35.0 Å². The number of pyridine rings is 1. The van der Waals surface area contributed by atoms with Gasteiger partial charge in [0, 0.05) is 5.56 Å². The molecule has 11 heteroatoms. The number of carbonyl (C=O) groups is 1. The van der Waals surface area contributed by atoms with Gasteiger partial charge in [-0.1, -0.05) is 11.6 Å². The van der Waals surface area contributed by atoms with E-state index in [9.17, 15) is 31.1 Å². The number of nitrogens with zero attached hydrogens (tertiary/aromatic N) is 1. The molecule has 0 saturated carbocycles. The van der Waals surface area contributed by atoms with E-state index >= 15 is 0 Å². The summed E-state index contributed by atoms with van der Waals surface area (Å²) >= 11 is 5.38. The molecule has 0 aromatic carbocycles. The molecule has 118 valence electrons. The minimum absolute atomic E-state index is 0.483. The molecule has 0 aliphatic carbocycles. The number of halogens is 7. The second kappa shape index (κ2) is 5.96. The molecule has 1 N–H and O–H groups in total. The molecule has 0 atom stereocenters. The summed E-state index contributed by atoms with van der Waals surface area (Å²) in [6.07, 6.45) is -11.3. The third kappa shape index (κ3) is 5.66. The Bertz CT molecular complexity index is 543. The van der Waals surface area contributed by atoms with Crippen LogP contribution >= 0.6 is 11.6 Å². The lowest BCUT2D eigenvalue weighted by atomic mass is 10.1. The van der Waals surface area contributed by atoms with E-state index < -0.39 is 53.5 Å². The number of carboxylic acids is 1. The molecular formula is C10H6ClF6NO3. The Hall–Kier alpha value is -1.71. The zero-order chi connectivity index (χ0) is 16.4. The summed E-state index contributed by atoms with van der Waals surface area (Å²) in [6.45, 7) is -1.88. The van der Waals surface area contributed by atoms with Crippen LogP contribution in [0.25, 0.3) is 0 Å². The molecule has 1 aromatic heterocycles. The topological polar surface area (TPSA) is 59.4 Å². The third-order valence-corrected chi connectivity index (χ3v) is 2.30. The average Bonchev–Trinajstić information content (AvgIpc) is 2.25. The molecule has 0 aliphatic rings. The highest BCUT2D eigenvalue weighted by molar-refractivity contribution is 6.32. The molecule has 1 heterocycles. The van der Waals surface area contributed by atoms with Gasteiger partial charge < -0.3 is 9.84 Å². The number of rotatable bonds is 4. The van der Waals surface area contributed by atoms with E-state index in [0.29, 0.717) is 6.07 Å². The predicted molar refractivity (Wildman–Crippen MR) is 57.5 cm³/mol. The van der Waals surface area contributed by atoms with Crippen LogP contribution in [0.3, 0.4) is 0 Å². The molecule has 0 unspecified atom stereocenters. The first-order valence-corrected chi connectivity index (χ1v) is 5.46. The molecule has 1 rings (SSSR count). The van der Waals surface area contributed by atoms with Crippen molar-refractivity contribution in [2.75, 3.05) is 6.61 Å². The van der Waals surface area contributed by atoms with Crippen molar-refractivity contribution in [2.24, 2.45) is 0 Å². The number of hydrogen-bond donors (Lipinski definition) is 1. The molecule has 0 saturated heterocycles. The van der Waals surface area contributed by atoms with Gasteiger partial charge in [-0.25, -0.2) is 9.78 Å². The van der Waals surface area contributed by atoms with Crippen molar-refractivity contribution in [3.05, 3.63) is 22.3 Å². The highest BCUT2D eigenvalue weighted by Crippen LogP contribution is 2.30. The van der Waals surface area contributed by atoms with E-state index in [1.807, 2.05) is 0 Å². The maximum Gasteiger partial charge on any atom is 0.422 e. The second-order valence-corrected chi connectivity index (χ2v) is 4.15. The minimum Gasteiger partial charge on any atom is -0.478 e. The SMILES string of the molecule is O=C(O)c1cc(CC(F)(F)F)c(OCC(F)(F)F)nc1Cl. The van der Waals surface area contributed by atoms with Crippen LogP contribution in [-0.2, 0) is 6.42 Å². The number of aromatic carboxylic acids is 1. The Labute approximate surface area is 118 Å². The zero-order valence-corrected chi connectivity index (χ0v) is 10.6. The first-order chi connectivity index (χ1) is 9.39. The smallest absolute Gasteiger partial charge is 0.422 e. The second-order valence-electron chi connectivity index (χ2n) is 3.79. The van der Waals surface area contributed by atoms with E-state index in [-0.39, 0.29) is 0 Å². The van der Waals surface area contributed by atoms with E-state index in [0.717, 1.165) is 0 Å². The Morgan fingerprint density at radius 2 is 1.81 bits per heavy atom. The predicted octanol–water partition coefficient (Wildman–Crippen LogP) is 3.48. The van der Waals surface area contributed by atoms with Gasteiger partial charge in [0.05, 0.1) is 12.0 Å². The van der Waals surface area contributed by atoms with Gasteiger partial charge in [-0.2, -0.15) is 26.3 Å². The molecule has 0 aliphatic heterocycles. The standard InChI is InChI=1S/C10H6ClF6NO3/c11-6-5(8(19)20)1-4(2-9(12,13)14)7(18-6)21-3-10(15,16)17/h1H,2-3H2,(H,19,20). The fraction of sp³-hybridized carbons (Fsp3) is 0.400. The quantitative estimate of drug-likeness (QED) is 0.675. The monoisotopic (exact) mass is 337 g/mol. The number of hydrogen-bond acceptors (Lipinski definition) is 3. The Morgan fingerprint density at radius 1 is 1.24 bits per heavy atom. The maximum absolute atomic E-state index is 12.3. The third-order valence-electron chi connectivity index (χ3n) is 2.01. The van der Waals surface area contributed by atoms with Gasteiger partial charge in [-0.15, -0.1) is 0 Å². The zero-order valence-electron chi connectivity index (χ0n) is 9.85. The lowest BCUT2D eigenvalue weighted by molar-refractivity contribution is -0.154. The fourth-order valence-electron chi connectivity index (χ4n) is 1.28. The molecular weight excluding hydrogens is 332 g/mol. The van der Waals surface area contributed by atoms with Crippen LogP contribution in [0.15, 0.2) is 6.07 Å². The first kappa shape index (κ1) is 17.3. The van der Waals surface area contributed by atoms with Gasteiger partial charge in [0.25, 0.3) is 0 Å². The highest BCUT2D eigenvalue weighted by atomic mass is 35.5. The number of carboxylic acid groups (broad SMARTS) is 1. The van der Waals surface area contributed by atoms with Crippen LogP contribution < -0.4 is 4.74 Å².